The molecular weight excluding hydrogens is 281 g/mol. The molecule has 2 unspecified atom stereocenters. The summed E-state index contributed by atoms with van der Waals surface area (Å²) in [6.45, 7) is 2.66. The van der Waals surface area contributed by atoms with Crippen LogP contribution in [0.4, 0.5) is 18.9 Å². The molecule has 114 valence electrons. The van der Waals surface area contributed by atoms with Crippen LogP contribution in [0.15, 0.2) is 18.2 Å². The topological polar surface area (TPSA) is 45.0 Å². The van der Waals surface area contributed by atoms with Crippen molar-refractivity contribution in [3.63, 3.8) is 0 Å². The van der Waals surface area contributed by atoms with E-state index in [0.29, 0.717) is 12.3 Å². The molecule has 2 rings (SSSR count). The number of hydrogen-bond donors (Lipinski definition) is 1. The second kappa shape index (κ2) is 6.35. The van der Waals surface area contributed by atoms with Crippen LogP contribution in [0.2, 0.25) is 0 Å². The second-order valence-electron chi connectivity index (χ2n) is 5.14. The molecule has 1 heterocycles. The molecule has 3 nitrogen and oxygen atoms in total. The zero-order valence-corrected chi connectivity index (χ0v) is 11.7. The lowest BCUT2D eigenvalue weighted by molar-refractivity contribution is -0.137. The lowest BCUT2D eigenvalue weighted by atomic mass is 10.0. The summed E-state index contributed by atoms with van der Waals surface area (Å²) >= 11 is 0. The molecule has 21 heavy (non-hydrogen) atoms. The van der Waals surface area contributed by atoms with Gasteiger partial charge in [-0.2, -0.15) is 18.4 Å². The summed E-state index contributed by atoms with van der Waals surface area (Å²) in [5.74, 6) is 0. The first kappa shape index (κ1) is 15.6. The number of rotatable bonds is 3. The SMILES string of the molecule is CCC1CC(Nc2ccc(C(F)(F)F)cc2C#N)CCO1. The molecule has 1 aliphatic rings. The summed E-state index contributed by atoms with van der Waals surface area (Å²) in [6.07, 6.45) is -1.80. The van der Waals surface area contributed by atoms with Gasteiger partial charge in [0.2, 0.25) is 0 Å². The van der Waals surface area contributed by atoms with Gasteiger partial charge in [0.1, 0.15) is 6.07 Å². The van der Waals surface area contributed by atoms with E-state index in [1.54, 1.807) is 0 Å². The summed E-state index contributed by atoms with van der Waals surface area (Å²) < 4.78 is 43.5. The van der Waals surface area contributed by atoms with E-state index >= 15 is 0 Å². The van der Waals surface area contributed by atoms with Crippen molar-refractivity contribution in [2.24, 2.45) is 0 Å². The summed E-state index contributed by atoms with van der Waals surface area (Å²) in [5.41, 5.74) is -0.334. The minimum absolute atomic E-state index is 0.0179. The number of benzene rings is 1. The van der Waals surface area contributed by atoms with Crippen molar-refractivity contribution in [3.05, 3.63) is 29.3 Å². The van der Waals surface area contributed by atoms with Crippen molar-refractivity contribution in [3.8, 4) is 6.07 Å². The number of alkyl halides is 3. The van der Waals surface area contributed by atoms with Crippen LogP contribution in [-0.4, -0.2) is 18.8 Å². The van der Waals surface area contributed by atoms with Gasteiger partial charge < -0.3 is 10.1 Å². The third-order valence-corrected chi connectivity index (χ3v) is 3.65. The van der Waals surface area contributed by atoms with Crippen molar-refractivity contribution < 1.29 is 17.9 Å². The minimum atomic E-state index is -4.43. The number of anilines is 1. The first-order valence-corrected chi connectivity index (χ1v) is 6.93. The molecule has 1 fully saturated rings. The second-order valence-corrected chi connectivity index (χ2v) is 5.14. The van der Waals surface area contributed by atoms with E-state index in [-0.39, 0.29) is 17.7 Å². The van der Waals surface area contributed by atoms with E-state index in [2.05, 4.69) is 5.32 Å². The zero-order chi connectivity index (χ0) is 15.5. The van der Waals surface area contributed by atoms with Crippen molar-refractivity contribution in [1.29, 1.82) is 5.26 Å². The molecule has 1 aromatic rings. The first-order valence-electron chi connectivity index (χ1n) is 6.93. The number of ether oxygens (including phenoxy) is 1. The predicted molar refractivity (Wildman–Crippen MR) is 72.8 cm³/mol. The third kappa shape index (κ3) is 3.88. The summed E-state index contributed by atoms with van der Waals surface area (Å²) in [4.78, 5) is 0. The van der Waals surface area contributed by atoms with E-state index in [1.807, 2.05) is 13.0 Å². The van der Waals surface area contributed by atoms with Crippen LogP contribution in [0.5, 0.6) is 0 Å². The zero-order valence-electron chi connectivity index (χ0n) is 11.7. The number of nitrogens with one attached hydrogen (secondary N) is 1. The van der Waals surface area contributed by atoms with E-state index < -0.39 is 11.7 Å². The van der Waals surface area contributed by atoms with Gasteiger partial charge in [-0.05, 0) is 37.5 Å². The highest BCUT2D eigenvalue weighted by molar-refractivity contribution is 5.59. The fraction of sp³-hybridized carbons (Fsp3) is 0.533. The van der Waals surface area contributed by atoms with Crippen molar-refractivity contribution in [2.75, 3.05) is 11.9 Å². The number of nitrogens with zero attached hydrogens (tertiary/aromatic N) is 1. The Balaban J connectivity index is 2.15. The average Bonchev–Trinajstić information content (AvgIpc) is 2.46. The highest BCUT2D eigenvalue weighted by Gasteiger charge is 2.31. The number of hydrogen-bond acceptors (Lipinski definition) is 3. The van der Waals surface area contributed by atoms with Crippen LogP contribution in [-0.2, 0) is 10.9 Å². The van der Waals surface area contributed by atoms with Gasteiger partial charge in [-0.3, -0.25) is 0 Å². The number of nitriles is 1. The fourth-order valence-electron chi connectivity index (χ4n) is 2.45. The van der Waals surface area contributed by atoms with Gasteiger partial charge in [-0.15, -0.1) is 0 Å². The fourth-order valence-corrected chi connectivity index (χ4v) is 2.45. The van der Waals surface area contributed by atoms with Crippen LogP contribution in [0, 0.1) is 11.3 Å². The van der Waals surface area contributed by atoms with Crippen molar-refractivity contribution >= 4 is 5.69 Å². The normalized spacial score (nSPS) is 22.6. The molecule has 0 aromatic heterocycles. The Morgan fingerprint density at radius 3 is 2.81 bits per heavy atom. The Labute approximate surface area is 121 Å². The van der Waals surface area contributed by atoms with E-state index in [1.165, 1.54) is 6.07 Å². The molecule has 0 spiro atoms. The van der Waals surface area contributed by atoms with E-state index in [0.717, 1.165) is 31.4 Å². The Bertz CT molecular complexity index is 537. The number of halogens is 3. The maximum Gasteiger partial charge on any atom is 0.416 e. The third-order valence-electron chi connectivity index (χ3n) is 3.65. The molecule has 1 N–H and O–H groups in total. The largest absolute Gasteiger partial charge is 0.416 e. The molecule has 0 radical (unpaired) electrons. The van der Waals surface area contributed by atoms with Gasteiger partial charge in [0, 0.05) is 12.6 Å². The molecule has 1 aliphatic heterocycles. The molecule has 1 aromatic carbocycles. The van der Waals surface area contributed by atoms with Crippen LogP contribution in [0.3, 0.4) is 0 Å². The summed E-state index contributed by atoms with van der Waals surface area (Å²) in [5, 5.41) is 12.2. The van der Waals surface area contributed by atoms with Gasteiger partial charge in [-0.1, -0.05) is 6.92 Å². The molecule has 0 saturated carbocycles. The minimum Gasteiger partial charge on any atom is -0.381 e. The summed E-state index contributed by atoms with van der Waals surface area (Å²) in [6, 6.07) is 5.17. The molecule has 1 saturated heterocycles. The lowest BCUT2D eigenvalue weighted by Crippen LogP contribution is -2.33. The van der Waals surface area contributed by atoms with Gasteiger partial charge in [0.15, 0.2) is 0 Å². The predicted octanol–water partition coefficient (Wildman–Crippen LogP) is 3.95. The first-order chi connectivity index (χ1) is 9.94. The standard InChI is InChI=1S/C15H17F3N2O/c1-2-13-8-12(5-6-21-13)20-14-4-3-11(15(16,17)18)7-10(14)9-19/h3-4,7,12-13,20H,2,5-6,8H2,1H3. The maximum absolute atomic E-state index is 12.6. The molecule has 0 amide bonds. The quantitative estimate of drug-likeness (QED) is 0.919. The van der Waals surface area contributed by atoms with Gasteiger partial charge in [0.25, 0.3) is 0 Å². The van der Waals surface area contributed by atoms with Gasteiger partial charge in [0.05, 0.1) is 22.9 Å². The smallest absolute Gasteiger partial charge is 0.381 e. The molecule has 0 bridgehead atoms. The molecule has 6 heteroatoms. The maximum atomic E-state index is 12.6. The Morgan fingerprint density at radius 2 is 2.19 bits per heavy atom. The van der Waals surface area contributed by atoms with E-state index in [9.17, 15) is 13.2 Å². The van der Waals surface area contributed by atoms with Crippen molar-refractivity contribution in [1.82, 2.24) is 0 Å². The average molecular weight is 298 g/mol. The van der Waals surface area contributed by atoms with Crippen LogP contribution in [0.25, 0.3) is 0 Å². The molecular formula is C15H17F3N2O. The van der Waals surface area contributed by atoms with Gasteiger partial charge in [-0.25, -0.2) is 0 Å². The summed E-state index contributed by atoms with van der Waals surface area (Å²) in [7, 11) is 0. The highest BCUT2D eigenvalue weighted by atomic mass is 19.4. The monoisotopic (exact) mass is 298 g/mol. The van der Waals surface area contributed by atoms with Crippen LogP contribution in [0.1, 0.15) is 37.3 Å². The molecule has 2 atom stereocenters. The Kier molecular flexibility index (Phi) is 4.73. The van der Waals surface area contributed by atoms with Crippen molar-refractivity contribution in [2.45, 2.75) is 44.5 Å². The highest BCUT2D eigenvalue weighted by Crippen LogP contribution is 2.32. The van der Waals surface area contributed by atoms with Crippen LogP contribution >= 0.6 is 0 Å². The lowest BCUT2D eigenvalue weighted by Gasteiger charge is -2.30. The van der Waals surface area contributed by atoms with Gasteiger partial charge >= 0.3 is 6.18 Å². The Hall–Kier alpha value is -1.74. The Morgan fingerprint density at radius 1 is 1.43 bits per heavy atom. The van der Waals surface area contributed by atoms with E-state index in [4.69, 9.17) is 10.00 Å². The molecule has 0 aliphatic carbocycles. The van der Waals surface area contributed by atoms with Crippen LogP contribution < -0.4 is 5.32 Å².